The van der Waals surface area contributed by atoms with Gasteiger partial charge in [0.1, 0.15) is 0 Å². The van der Waals surface area contributed by atoms with Crippen LogP contribution in [0.25, 0.3) is 0 Å². The Morgan fingerprint density at radius 2 is 2.29 bits per heavy atom. The minimum atomic E-state index is -0.0353. The smallest absolute Gasteiger partial charge is 0.0933 e. The number of hydrogen-bond donors (Lipinski definition) is 2. The van der Waals surface area contributed by atoms with E-state index in [2.05, 4.69) is 11.8 Å². The predicted octanol–water partition coefficient (Wildman–Crippen LogP) is 0.524. The maximum Gasteiger partial charge on any atom is 0.0933 e. The summed E-state index contributed by atoms with van der Waals surface area (Å²) in [6.45, 7) is 4.83. The lowest BCUT2D eigenvalue weighted by molar-refractivity contribution is -0.0824. The largest absolute Gasteiger partial charge is 0.394 e. The van der Waals surface area contributed by atoms with Crippen LogP contribution in [0.3, 0.4) is 0 Å². The minimum absolute atomic E-state index is 0.0353. The second kappa shape index (κ2) is 5.18. The average Bonchev–Trinajstić information content (AvgIpc) is 3.00. The van der Waals surface area contributed by atoms with Crippen molar-refractivity contribution in [1.29, 1.82) is 0 Å². The van der Waals surface area contributed by atoms with E-state index in [1.165, 1.54) is 12.8 Å². The lowest BCUT2D eigenvalue weighted by atomic mass is 10.00. The Bertz CT molecular complexity index is 294. The first-order valence-corrected chi connectivity index (χ1v) is 6.70. The molecule has 0 amide bonds. The molecule has 2 rings (SSSR count). The van der Waals surface area contributed by atoms with E-state index in [0.29, 0.717) is 23.1 Å². The van der Waals surface area contributed by atoms with Crippen LogP contribution in [0, 0.1) is 5.41 Å². The molecular weight excluding hydrogens is 236 g/mol. The molecule has 1 saturated heterocycles. The number of aliphatic hydroxyl groups excluding tert-OH is 1. The van der Waals surface area contributed by atoms with Crippen molar-refractivity contribution in [2.45, 2.75) is 38.3 Å². The summed E-state index contributed by atoms with van der Waals surface area (Å²) in [7, 11) is 0. The topological polar surface area (TPSA) is 58.7 Å². The molecule has 1 aliphatic heterocycles. The van der Waals surface area contributed by atoms with Crippen LogP contribution in [0.15, 0.2) is 0 Å². The summed E-state index contributed by atoms with van der Waals surface area (Å²) >= 11 is 5.02. The van der Waals surface area contributed by atoms with E-state index >= 15 is 0 Å². The standard InChI is InChI=1S/C12H22N2O2S/c1-9-7-16-10(6-15)5-14(9)8-12(2-3-12)4-11(13)17/h9-10,15H,2-8H2,1H3,(H2,13,17). The first-order valence-electron chi connectivity index (χ1n) is 6.29. The summed E-state index contributed by atoms with van der Waals surface area (Å²) in [5.41, 5.74) is 5.98. The fourth-order valence-corrected chi connectivity index (χ4v) is 2.88. The third-order valence-electron chi connectivity index (χ3n) is 3.88. The van der Waals surface area contributed by atoms with Gasteiger partial charge in [0.2, 0.25) is 0 Å². The van der Waals surface area contributed by atoms with Crippen molar-refractivity contribution in [2.24, 2.45) is 11.1 Å². The van der Waals surface area contributed by atoms with Crippen LogP contribution in [0.1, 0.15) is 26.2 Å². The van der Waals surface area contributed by atoms with Crippen LogP contribution in [0.5, 0.6) is 0 Å². The van der Waals surface area contributed by atoms with Crippen LogP contribution < -0.4 is 5.73 Å². The zero-order chi connectivity index (χ0) is 12.5. The van der Waals surface area contributed by atoms with Gasteiger partial charge < -0.3 is 15.6 Å². The van der Waals surface area contributed by atoms with Gasteiger partial charge in [0, 0.05) is 25.6 Å². The Morgan fingerprint density at radius 3 is 2.82 bits per heavy atom. The quantitative estimate of drug-likeness (QED) is 0.704. The average molecular weight is 258 g/mol. The van der Waals surface area contributed by atoms with Crippen molar-refractivity contribution in [3.8, 4) is 0 Å². The van der Waals surface area contributed by atoms with Gasteiger partial charge in [-0.15, -0.1) is 0 Å². The Hall–Kier alpha value is -0.230. The number of hydrogen-bond acceptors (Lipinski definition) is 4. The van der Waals surface area contributed by atoms with Crippen molar-refractivity contribution in [1.82, 2.24) is 4.90 Å². The van der Waals surface area contributed by atoms with E-state index in [9.17, 15) is 0 Å². The van der Waals surface area contributed by atoms with Crippen LogP contribution in [-0.4, -0.2) is 53.4 Å². The highest BCUT2D eigenvalue weighted by Crippen LogP contribution is 2.49. The lowest BCUT2D eigenvalue weighted by Gasteiger charge is -2.39. The second-order valence-corrected chi connectivity index (χ2v) is 6.08. The molecule has 98 valence electrons. The Labute approximate surface area is 108 Å². The number of nitrogens with two attached hydrogens (primary N) is 1. The van der Waals surface area contributed by atoms with Gasteiger partial charge in [-0.05, 0) is 25.2 Å². The molecule has 1 aliphatic carbocycles. The molecular formula is C12H22N2O2S. The molecule has 0 radical (unpaired) electrons. The van der Waals surface area contributed by atoms with Gasteiger partial charge in [-0.1, -0.05) is 12.2 Å². The molecule has 2 atom stereocenters. The molecule has 0 aromatic rings. The minimum Gasteiger partial charge on any atom is -0.394 e. The molecule has 3 N–H and O–H groups in total. The zero-order valence-electron chi connectivity index (χ0n) is 10.4. The fraction of sp³-hybridized carbons (Fsp3) is 0.917. The Balaban J connectivity index is 1.90. The number of rotatable bonds is 5. The van der Waals surface area contributed by atoms with E-state index < -0.39 is 0 Å². The summed E-state index contributed by atoms with van der Waals surface area (Å²) in [6, 6.07) is 0.418. The van der Waals surface area contributed by atoms with E-state index in [1.807, 2.05) is 0 Å². The van der Waals surface area contributed by atoms with E-state index in [-0.39, 0.29) is 12.7 Å². The first-order chi connectivity index (χ1) is 8.04. The number of thiocarbonyl (C=S) groups is 1. The van der Waals surface area contributed by atoms with Crippen molar-refractivity contribution >= 4 is 17.2 Å². The molecule has 0 bridgehead atoms. The fourth-order valence-electron chi connectivity index (χ4n) is 2.57. The van der Waals surface area contributed by atoms with Gasteiger partial charge in [0.15, 0.2) is 0 Å². The highest BCUT2D eigenvalue weighted by molar-refractivity contribution is 7.80. The van der Waals surface area contributed by atoms with Crippen LogP contribution in [0.2, 0.25) is 0 Å². The van der Waals surface area contributed by atoms with Gasteiger partial charge in [0.25, 0.3) is 0 Å². The van der Waals surface area contributed by atoms with Gasteiger partial charge in [-0.25, -0.2) is 0 Å². The highest BCUT2D eigenvalue weighted by Gasteiger charge is 2.45. The highest BCUT2D eigenvalue weighted by atomic mass is 32.1. The van der Waals surface area contributed by atoms with Gasteiger partial charge in [-0.2, -0.15) is 0 Å². The maximum atomic E-state index is 9.16. The second-order valence-electron chi connectivity index (χ2n) is 5.56. The van der Waals surface area contributed by atoms with Crippen molar-refractivity contribution in [3.63, 3.8) is 0 Å². The van der Waals surface area contributed by atoms with Crippen LogP contribution in [-0.2, 0) is 4.74 Å². The molecule has 4 nitrogen and oxygen atoms in total. The van der Waals surface area contributed by atoms with Crippen LogP contribution in [0.4, 0.5) is 0 Å². The molecule has 0 spiro atoms. The Kier molecular flexibility index (Phi) is 4.02. The predicted molar refractivity (Wildman–Crippen MR) is 70.9 cm³/mol. The third kappa shape index (κ3) is 3.37. The van der Waals surface area contributed by atoms with E-state index in [0.717, 1.165) is 19.5 Å². The van der Waals surface area contributed by atoms with E-state index in [4.69, 9.17) is 27.8 Å². The van der Waals surface area contributed by atoms with Gasteiger partial charge in [0.05, 0.1) is 24.3 Å². The summed E-state index contributed by atoms with van der Waals surface area (Å²) in [6.07, 6.45) is 3.26. The summed E-state index contributed by atoms with van der Waals surface area (Å²) in [4.78, 5) is 3.04. The van der Waals surface area contributed by atoms with Crippen molar-refractivity contribution in [2.75, 3.05) is 26.3 Å². The molecule has 17 heavy (non-hydrogen) atoms. The monoisotopic (exact) mass is 258 g/mol. The molecule has 2 fully saturated rings. The van der Waals surface area contributed by atoms with Crippen molar-refractivity contribution < 1.29 is 9.84 Å². The first kappa shape index (κ1) is 13.2. The lowest BCUT2D eigenvalue weighted by Crippen LogP contribution is -2.51. The third-order valence-corrected chi connectivity index (χ3v) is 4.03. The summed E-state index contributed by atoms with van der Waals surface area (Å²) < 4.78 is 5.54. The molecule has 2 unspecified atom stereocenters. The van der Waals surface area contributed by atoms with Crippen molar-refractivity contribution in [3.05, 3.63) is 0 Å². The summed E-state index contributed by atoms with van der Waals surface area (Å²) in [5, 5.41) is 9.16. The SMILES string of the molecule is CC1COC(CO)CN1CC1(CC(N)=S)CC1. The number of morpholine rings is 1. The Morgan fingerprint density at radius 1 is 1.59 bits per heavy atom. The molecule has 0 aromatic carbocycles. The molecule has 0 aromatic heterocycles. The molecule has 2 aliphatic rings. The maximum absolute atomic E-state index is 9.16. The number of ether oxygens (including phenoxy) is 1. The number of nitrogens with zero attached hydrogens (tertiary/aromatic N) is 1. The molecule has 1 saturated carbocycles. The zero-order valence-corrected chi connectivity index (χ0v) is 11.2. The van der Waals surface area contributed by atoms with Crippen LogP contribution >= 0.6 is 12.2 Å². The van der Waals surface area contributed by atoms with Gasteiger partial charge >= 0.3 is 0 Å². The molecule has 5 heteroatoms. The summed E-state index contributed by atoms with van der Waals surface area (Å²) in [5.74, 6) is 0. The van der Waals surface area contributed by atoms with E-state index in [1.54, 1.807) is 0 Å². The van der Waals surface area contributed by atoms with Gasteiger partial charge in [-0.3, -0.25) is 4.90 Å². The number of aliphatic hydroxyl groups is 1. The molecule has 1 heterocycles. The normalized spacial score (nSPS) is 32.4.